The highest BCUT2D eigenvalue weighted by molar-refractivity contribution is 7.97. The summed E-state index contributed by atoms with van der Waals surface area (Å²) in [6.45, 7) is 1.95. The molecule has 17 heavy (non-hydrogen) atoms. The van der Waals surface area contributed by atoms with Crippen molar-refractivity contribution in [3.05, 3.63) is 41.1 Å². The molecule has 0 aliphatic heterocycles. The van der Waals surface area contributed by atoms with Gasteiger partial charge in [-0.05, 0) is 30.9 Å². The van der Waals surface area contributed by atoms with Gasteiger partial charge in [-0.1, -0.05) is 11.6 Å². The molecule has 4 heteroatoms. The van der Waals surface area contributed by atoms with E-state index in [0.29, 0.717) is 11.3 Å². The van der Waals surface area contributed by atoms with Crippen molar-refractivity contribution in [1.29, 1.82) is 0 Å². The number of carboxylic acid groups (broad SMARTS) is 1. The van der Waals surface area contributed by atoms with Gasteiger partial charge in [0.1, 0.15) is 0 Å². The molecule has 88 valence electrons. The normalized spacial score (nSPS) is 10.7. The number of hydrogen-bond donors (Lipinski definition) is 1. The van der Waals surface area contributed by atoms with Crippen LogP contribution in [-0.2, 0) is 5.75 Å². The number of fused-ring (bicyclic) bond motifs is 1. The summed E-state index contributed by atoms with van der Waals surface area (Å²) in [4.78, 5) is 15.7. The van der Waals surface area contributed by atoms with Crippen molar-refractivity contribution in [3.8, 4) is 0 Å². The molecule has 2 rings (SSSR count). The fourth-order valence-electron chi connectivity index (χ4n) is 1.87. The van der Waals surface area contributed by atoms with E-state index in [1.807, 2.05) is 31.4 Å². The van der Waals surface area contributed by atoms with E-state index in [1.54, 1.807) is 18.0 Å². The molecule has 1 aromatic heterocycles. The molecule has 0 radical (unpaired) electrons. The van der Waals surface area contributed by atoms with Crippen LogP contribution in [0.4, 0.5) is 0 Å². The predicted molar refractivity (Wildman–Crippen MR) is 70.7 cm³/mol. The molecule has 0 unspecified atom stereocenters. The van der Waals surface area contributed by atoms with Gasteiger partial charge in [-0.2, -0.15) is 11.8 Å². The van der Waals surface area contributed by atoms with Crippen molar-refractivity contribution in [2.75, 3.05) is 6.26 Å². The molecular formula is C13H13NO2S. The van der Waals surface area contributed by atoms with Crippen molar-refractivity contribution in [2.45, 2.75) is 12.7 Å². The number of nitrogens with zero attached hydrogens (tertiary/aromatic N) is 1. The van der Waals surface area contributed by atoms with Crippen molar-refractivity contribution >= 4 is 28.6 Å². The number of carboxylic acids is 1. The van der Waals surface area contributed by atoms with Crippen molar-refractivity contribution in [1.82, 2.24) is 4.98 Å². The highest BCUT2D eigenvalue weighted by atomic mass is 32.2. The number of carbonyl (C=O) groups is 1. The summed E-state index contributed by atoms with van der Waals surface area (Å²) in [6.07, 6.45) is 3.61. The molecule has 0 saturated carbocycles. The number of thioether (sulfide) groups is 1. The van der Waals surface area contributed by atoms with E-state index in [9.17, 15) is 9.90 Å². The van der Waals surface area contributed by atoms with Crippen LogP contribution in [-0.4, -0.2) is 22.3 Å². The Bertz CT molecular complexity index is 581. The Kier molecular flexibility index (Phi) is 3.33. The van der Waals surface area contributed by atoms with E-state index in [4.69, 9.17) is 0 Å². The number of hydrogen-bond acceptors (Lipinski definition) is 3. The fourth-order valence-corrected chi connectivity index (χ4v) is 2.40. The van der Waals surface area contributed by atoms with Crippen molar-refractivity contribution < 1.29 is 9.90 Å². The number of aromatic carboxylic acids is 1. The van der Waals surface area contributed by atoms with Gasteiger partial charge in [-0.25, -0.2) is 4.79 Å². The van der Waals surface area contributed by atoms with Crippen LogP contribution in [0.5, 0.6) is 0 Å². The van der Waals surface area contributed by atoms with Gasteiger partial charge in [0.05, 0.1) is 11.1 Å². The number of pyridine rings is 1. The number of rotatable bonds is 3. The van der Waals surface area contributed by atoms with Crippen molar-refractivity contribution in [3.63, 3.8) is 0 Å². The Balaban J connectivity index is 2.77. The zero-order valence-electron chi connectivity index (χ0n) is 9.73. The molecule has 0 atom stereocenters. The van der Waals surface area contributed by atoms with Crippen LogP contribution in [0, 0.1) is 6.92 Å². The second-order valence-corrected chi connectivity index (χ2v) is 4.78. The number of benzene rings is 1. The summed E-state index contributed by atoms with van der Waals surface area (Å²) >= 11 is 1.60. The minimum Gasteiger partial charge on any atom is -0.478 e. The summed E-state index contributed by atoms with van der Waals surface area (Å²) in [5, 5.41) is 10.1. The lowest BCUT2D eigenvalue weighted by Crippen LogP contribution is -2.04. The highest BCUT2D eigenvalue weighted by Gasteiger charge is 2.14. The molecule has 0 bridgehead atoms. The van der Waals surface area contributed by atoms with Gasteiger partial charge < -0.3 is 5.11 Å². The smallest absolute Gasteiger partial charge is 0.336 e. The molecule has 2 aromatic rings. The quantitative estimate of drug-likeness (QED) is 0.905. The minimum absolute atomic E-state index is 0.382. The first-order valence-electron chi connectivity index (χ1n) is 5.24. The maximum Gasteiger partial charge on any atom is 0.336 e. The highest BCUT2D eigenvalue weighted by Crippen LogP contribution is 2.24. The SMILES string of the molecule is CSCc1cnc2ccc(C)cc2c1C(=O)O. The minimum atomic E-state index is -0.882. The van der Waals surface area contributed by atoms with Crippen LogP contribution in [0.2, 0.25) is 0 Å². The van der Waals surface area contributed by atoms with Gasteiger partial charge in [0.2, 0.25) is 0 Å². The van der Waals surface area contributed by atoms with Gasteiger partial charge in [0.25, 0.3) is 0 Å². The molecule has 0 aliphatic carbocycles. The number of aromatic nitrogens is 1. The van der Waals surface area contributed by atoms with Crippen LogP contribution < -0.4 is 0 Å². The van der Waals surface area contributed by atoms with E-state index < -0.39 is 5.97 Å². The van der Waals surface area contributed by atoms with E-state index in [1.165, 1.54) is 0 Å². The topological polar surface area (TPSA) is 50.2 Å². The standard InChI is InChI=1S/C13H13NO2S/c1-8-3-4-11-10(5-8)12(13(15)16)9(6-14-11)7-17-2/h3-6H,7H2,1-2H3,(H,15,16). The van der Waals surface area contributed by atoms with Gasteiger partial charge in [0, 0.05) is 17.3 Å². The first-order chi connectivity index (χ1) is 8.13. The summed E-state index contributed by atoms with van der Waals surface area (Å²) in [7, 11) is 0. The van der Waals surface area contributed by atoms with Crippen LogP contribution in [0.25, 0.3) is 10.9 Å². The maximum absolute atomic E-state index is 11.4. The lowest BCUT2D eigenvalue weighted by atomic mass is 10.0. The molecule has 0 saturated heterocycles. The summed E-state index contributed by atoms with van der Waals surface area (Å²) < 4.78 is 0. The molecule has 0 aliphatic rings. The molecule has 0 fully saturated rings. The molecule has 0 amide bonds. The lowest BCUT2D eigenvalue weighted by Gasteiger charge is -2.08. The Hall–Kier alpha value is -1.55. The molecule has 3 nitrogen and oxygen atoms in total. The third kappa shape index (κ3) is 2.26. The zero-order valence-corrected chi connectivity index (χ0v) is 10.5. The Morgan fingerprint density at radius 2 is 2.24 bits per heavy atom. The molecule has 1 aromatic carbocycles. The molecule has 1 N–H and O–H groups in total. The van der Waals surface area contributed by atoms with E-state index >= 15 is 0 Å². The average Bonchev–Trinajstić information content (AvgIpc) is 2.28. The van der Waals surface area contributed by atoms with Gasteiger partial charge in [-0.15, -0.1) is 0 Å². The average molecular weight is 247 g/mol. The Labute approximate surface area is 104 Å². The fraction of sp³-hybridized carbons (Fsp3) is 0.231. The summed E-state index contributed by atoms with van der Waals surface area (Å²) in [5.41, 5.74) is 2.94. The third-order valence-electron chi connectivity index (χ3n) is 2.62. The van der Waals surface area contributed by atoms with Crippen LogP contribution >= 0.6 is 11.8 Å². The van der Waals surface area contributed by atoms with E-state index in [0.717, 1.165) is 22.0 Å². The van der Waals surface area contributed by atoms with Crippen LogP contribution in [0.3, 0.4) is 0 Å². The largest absolute Gasteiger partial charge is 0.478 e. The first-order valence-corrected chi connectivity index (χ1v) is 6.63. The second-order valence-electron chi connectivity index (χ2n) is 3.92. The maximum atomic E-state index is 11.4. The van der Waals surface area contributed by atoms with Gasteiger partial charge >= 0.3 is 5.97 Å². The molecule has 0 spiro atoms. The van der Waals surface area contributed by atoms with Gasteiger partial charge in [-0.3, -0.25) is 4.98 Å². The Morgan fingerprint density at radius 1 is 1.47 bits per heavy atom. The monoisotopic (exact) mass is 247 g/mol. The molecular weight excluding hydrogens is 234 g/mol. The third-order valence-corrected chi connectivity index (χ3v) is 3.22. The van der Waals surface area contributed by atoms with Crippen LogP contribution in [0.1, 0.15) is 21.5 Å². The zero-order chi connectivity index (χ0) is 12.4. The second kappa shape index (κ2) is 4.75. The summed E-state index contributed by atoms with van der Waals surface area (Å²) in [6, 6.07) is 5.69. The lowest BCUT2D eigenvalue weighted by molar-refractivity contribution is 0.0698. The first kappa shape index (κ1) is 11.9. The number of aryl methyl sites for hydroxylation is 1. The van der Waals surface area contributed by atoms with E-state index in [-0.39, 0.29) is 0 Å². The van der Waals surface area contributed by atoms with Crippen molar-refractivity contribution in [2.24, 2.45) is 0 Å². The predicted octanol–water partition coefficient (Wildman–Crippen LogP) is 3.10. The van der Waals surface area contributed by atoms with E-state index in [2.05, 4.69) is 4.98 Å². The summed E-state index contributed by atoms with van der Waals surface area (Å²) in [5.74, 6) is -0.217. The Morgan fingerprint density at radius 3 is 2.88 bits per heavy atom. The van der Waals surface area contributed by atoms with Gasteiger partial charge in [0.15, 0.2) is 0 Å². The molecule has 1 heterocycles. The van der Waals surface area contributed by atoms with Crippen LogP contribution in [0.15, 0.2) is 24.4 Å².